The molecule has 9 nitrogen and oxygen atoms in total. The van der Waals surface area contributed by atoms with E-state index in [9.17, 15) is 13.2 Å². The maximum atomic E-state index is 12.1. The number of hydrogen-bond donors (Lipinski definition) is 3. The third kappa shape index (κ3) is 6.50. The molecule has 0 radical (unpaired) electrons. The number of carbonyl (C=O) groups is 1. The molecule has 1 unspecified atom stereocenters. The van der Waals surface area contributed by atoms with Gasteiger partial charge in [0.1, 0.15) is 5.82 Å². The smallest absolute Gasteiger partial charge is 0.247 e. The summed E-state index contributed by atoms with van der Waals surface area (Å²) in [6, 6.07) is 8.90. The number of nitrogens with one attached hydrogen (secondary N) is 3. The maximum Gasteiger partial charge on any atom is 0.247 e. The monoisotopic (exact) mass is 444 g/mol. The van der Waals surface area contributed by atoms with Crippen LogP contribution < -0.4 is 20.3 Å². The van der Waals surface area contributed by atoms with Crippen molar-refractivity contribution in [3.05, 3.63) is 49.2 Å². The van der Waals surface area contributed by atoms with Gasteiger partial charge in [-0.3, -0.25) is 4.79 Å². The lowest BCUT2D eigenvalue weighted by atomic mass is 10.1. The Morgan fingerprint density at radius 2 is 2.06 bits per heavy atom. The first-order valence-electron chi connectivity index (χ1n) is 10.3. The van der Waals surface area contributed by atoms with Crippen LogP contribution in [0.5, 0.6) is 0 Å². The van der Waals surface area contributed by atoms with Gasteiger partial charge in [0, 0.05) is 25.3 Å². The highest BCUT2D eigenvalue weighted by Gasteiger charge is 2.24. The van der Waals surface area contributed by atoms with Crippen molar-refractivity contribution in [2.24, 2.45) is 0 Å². The number of rotatable bonds is 9. The Morgan fingerprint density at radius 1 is 1.29 bits per heavy atom. The Hall–Kier alpha value is -2.98. The SMILES string of the molecule is C=CC(=O)Nc1ccccc1Nc1nccc(N2CCCC(NS(=O)(=O)CCC)C2)n1. The van der Waals surface area contributed by atoms with Crippen molar-refractivity contribution in [3.8, 4) is 0 Å². The molecule has 0 spiro atoms. The fraction of sp³-hybridized carbons (Fsp3) is 0.381. The van der Waals surface area contributed by atoms with Gasteiger partial charge in [0.25, 0.3) is 0 Å². The molecule has 1 aromatic carbocycles. The minimum absolute atomic E-state index is 0.132. The second-order valence-electron chi connectivity index (χ2n) is 7.32. The molecule has 0 bridgehead atoms. The third-order valence-electron chi connectivity index (χ3n) is 4.82. The van der Waals surface area contributed by atoms with E-state index in [1.165, 1.54) is 6.08 Å². The van der Waals surface area contributed by atoms with Crippen molar-refractivity contribution < 1.29 is 13.2 Å². The van der Waals surface area contributed by atoms with E-state index < -0.39 is 10.0 Å². The van der Waals surface area contributed by atoms with E-state index in [-0.39, 0.29) is 17.7 Å². The van der Waals surface area contributed by atoms with Gasteiger partial charge < -0.3 is 15.5 Å². The summed E-state index contributed by atoms with van der Waals surface area (Å²) in [6.07, 6.45) is 5.10. The standard InChI is InChI=1S/C21H28N6O3S/c1-3-14-31(29,30)26-16-8-7-13-27(15-16)19-11-12-22-21(25-19)24-18-10-6-5-9-17(18)23-20(28)4-2/h4-6,9-12,16,26H,2-3,7-8,13-15H2,1H3,(H,23,28)(H,22,24,25). The summed E-state index contributed by atoms with van der Waals surface area (Å²) in [5.74, 6) is 0.914. The molecule has 1 atom stereocenters. The molecule has 0 saturated carbocycles. The van der Waals surface area contributed by atoms with Crippen LogP contribution in [-0.4, -0.2) is 49.2 Å². The second-order valence-corrected chi connectivity index (χ2v) is 9.20. The molecule has 2 aromatic rings. The molecule has 1 amide bonds. The van der Waals surface area contributed by atoms with Gasteiger partial charge in [-0.1, -0.05) is 25.6 Å². The molecule has 1 saturated heterocycles. The number of nitrogens with zero attached hydrogens (tertiary/aromatic N) is 3. The van der Waals surface area contributed by atoms with Crippen LogP contribution in [0.4, 0.5) is 23.1 Å². The minimum Gasteiger partial charge on any atom is -0.355 e. The molecule has 1 aromatic heterocycles. The van der Waals surface area contributed by atoms with Crippen molar-refractivity contribution in [2.75, 3.05) is 34.4 Å². The van der Waals surface area contributed by atoms with E-state index in [2.05, 4.69) is 36.8 Å². The lowest BCUT2D eigenvalue weighted by molar-refractivity contribution is -0.111. The predicted octanol–water partition coefficient (Wildman–Crippen LogP) is 2.64. The number of anilines is 4. The zero-order chi connectivity index (χ0) is 22.3. The number of benzene rings is 1. The van der Waals surface area contributed by atoms with Crippen LogP contribution in [0.15, 0.2) is 49.2 Å². The Labute approximate surface area is 183 Å². The van der Waals surface area contributed by atoms with Crippen LogP contribution in [0.3, 0.4) is 0 Å². The van der Waals surface area contributed by atoms with Gasteiger partial charge in [0.2, 0.25) is 21.9 Å². The summed E-state index contributed by atoms with van der Waals surface area (Å²) in [4.78, 5) is 22.6. The number of aromatic nitrogens is 2. The highest BCUT2D eigenvalue weighted by atomic mass is 32.2. The van der Waals surface area contributed by atoms with Gasteiger partial charge in [0.15, 0.2) is 0 Å². The Balaban J connectivity index is 1.72. The second kappa shape index (κ2) is 10.4. The van der Waals surface area contributed by atoms with E-state index in [4.69, 9.17) is 0 Å². The van der Waals surface area contributed by atoms with Crippen LogP contribution in [0, 0.1) is 0 Å². The van der Waals surface area contributed by atoms with E-state index in [0.29, 0.717) is 36.1 Å². The van der Waals surface area contributed by atoms with Crippen molar-refractivity contribution in [2.45, 2.75) is 32.2 Å². The zero-order valence-electron chi connectivity index (χ0n) is 17.5. The average molecular weight is 445 g/mol. The van der Waals surface area contributed by atoms with Crippen LogP contribution in [0.1, 0.15) is 26.2 Å². The fourth-order valence-electron chi connectivity index (χ4n) is 3.45. The lowest BCUT2D eigenvalue weighted by Crippen LogP contribution is -2.48. The Morgan fingerprint density at radius 3 is 2.81 bits per heavy atom. The number of sulfonamides is 1. The molecule has 1 aliphatic rings. The van der Waals surface area contributed by atoms with Gasteiger partial charge in [-0.15, -0.1) is 0 Å². The van der Waals surface area contributed by atoms with E-state index in [0.717, 1.165) is 19.4 Å². The van der Waals surface area contributed by atoms with Crippen LogP contribution in [0.25, 0.3) is 0 Å². The number of para-hydroxylation sites is 2. The number of amides is 1. The summed E-state index contributed by atoms with van der Waals surface area (Å²) in [5.41, 5.74) is 1.24. The molecule has 1 fully saturated rings. The topological polar surface area (TPSA) is 116 Å². The number of piperidine rings is 1. The molecular formula is C21H28N6O3S. The molecule has 31 heavy (non-hydrogen) atoms. The average Bonchev–Trinajstić information content (AvgIpc) is 2.75. The van der Waals surface area contributed by atoms with Crippen molar-refractivity contribution in [1.82, 2.24) is 14.7 Å². The third-order valence-corrected chi connectivity index (χ3v) is 6.46. The molecule has 10 heteroatoms. The van der Waals surface area contributed by atoms with Gasteiger partial charge in [-0.25, -0.2) is 18.1 Å². The summed E-state index contributed by atoms with van der Waals surface area (Å²) < 4.78 is 27.1. The summed E-state index contributed by atoms with van der Waals surface area (Å²) >= 11 is 0. The predicted molar refractivity (Wildman–Crippen MR) is 123 cm³/mol. The van der Waals surface area contributed by atoms with Crippen molar-refractivity contribution in [3.63, 3.8) is 0 Å². The van der Waals surface area contributed by atoms with Gasteiger partial charge in [0.05, 0.1) is 17.1 Å². The quantitative estimate of drug-likeness (QED) is 0.509. The fourth-order valence-corrected chi connectivity index (χ4v) is 4.81. The Kier molecular flexibility index (Phi) is 7.59. The van der Waals surface area contributed by atoms with E-state index >= 15 is 0 Å². The van der Waals surface area contributed by atoms with Crippen molar-refractivity contribution >= 4 is 39.1 Å². The first kappa shape index (κ1) is 22.7. The molecule has 3 rings (SSSR count). The molecular weight excluding hydrogens is 416 g/mol. The molecule has 1 aliphatic heterocycles. The largest absolute Gasteiger partial charge is 0.355 e. The molecule has 0 aliphatic carbocycles. The summed E-state index contributed by atoms with van der Waals surface area (Å²) in [6.45, 7) is 6.65. The van der Waals surface area contributed by atoms with Crippen molar-refractivity contribution in [1.29, 1.82) is 0 Å². The molecule has 166 valence electrons. The number of carbonyl (C=O) groups excluding carboxylic acids is 1. The zero-order valence-corrected chi connectivity index (χ0v) is 18.4. The van der Waals surface area contributed by atoms with Gasteiger partial charge >= 0.3 is 0 Å². The Bertz CT molecular complexity index is 1030. The first-order chi connectivity index (χ1) is 14.9. The molecule has 3 N–H and O–H groups in total. The lowest BCUT2D eigenvalue weighted by Gasteiger charge is -2.33. The maximum absolute atomic E-state index is 12.1. The normalized spacial score (nSPS) is 16.5. The van der Waals surface area contributed by atoms with Gasteiger partial charge in [-0.2, -0.15) is 4.98 Å². The van der Waals surface area contributed by atoms with Crippen LogP contribution >= 0.6 is 0 Å². The summed E-state index contributed by atoms with van der Waals surface area (Å²) in [5, 5.41) is 5.88. The van der Waals surface area contributed by atoms with Gasteiger partial charge in [-0.05, 0) is 43.5 Å². The minimum atomic E-state index is -3.27. The highest BCUT2D eigenvalue weighted by Crippen LogP contribution is 2.25. The van der Waals surface area contributed by atoms with E-state index in [1.807, 2.05) is 25.1 Å². The van der Waals surface area contributed by atoms with E-state index in [1.54, 1.807) is 18.3 Å². The summed E-state index contributed by atoms with van der Waals surface area (Å²) in [7, 11) is -3.27. The number of hydrogen-bond acceptors (Lipinski definition) is 7. The first-order valence-corrected chi connectivity index (χ1v) is 11.9. The van der Waals surface area contributed by atoms with Crippen LogP contribution in [0.2, 0.25) is 0 Å². The van der Waals surface area contributed by atoms with Crippen LogP contribution in [-0.2, 0) is 14.8 Å². The highest BCUT2D eigenvalue weighted by molar-refractivity contribution is 7.89. The molecule has 2 heterocycles.